The van der Waals surface area contributed by atoms with Crippen LogP contribution in [0.5, 0.6) is 0 Å². The number of carboxylic acid groups (broad SMARTS) is 1. The minimum atomic E-state index is -0.948. The van der Waals surface area contributed by atoms with Gasteiger partial charge in [-0.25, -0.2) is 4.79 Å². The number of amides is 1. The molecule has 0 saturated carbocycles. The summed E-state index contributed by atoms with van der Waals surface area (Å²) in [7, 11) is 0. The normalized spacial score (nSPS) is 10.2. The van der Waals surface area contributed by atoms with Crippen molar-refractivity contribution >= 4 is 6.09 Å². The summed E-state index contributed by atoms with van der Waals surface area (Å²) in [4.78, 5) is 10.1. The molecule has 15 heavy (non-hydrogen) atoms. The van der Waals surface area contributed by atoms with E-state index in [2.05, 4.69) is 17.6 Å². The Hall–Kier alpha value is -0.770. The highest BCUT2D eigenvalue weighted by molar-refractivity contribution is 5.64. The second-order valence-corrected chi connectivity index (χ2v) is 3.75. The summed E-state index contributed by atoms with van der Waals surface area (Å²) in [5.41, 5.74) is 0. The Labute approximate surface area is 92.4 Å². The van der Waals surface area contributed by atoms with Gasteiger partial charge in [0.15, 0.2) is 0 Å². The highest BCUT2D eigenvalue weighted by Gasteiger charge is 1.93. The van der Waals surface area contributed by atoms with Crippen molar-refractivity contribution in [2.75, 3.05) is 19.6 Å². The van der Waals surface area contributed by atoms with E-state index in [-0.39, 0.29) is 0 Å². The molecular weight excluding hydrogens is 192 g/mol. The van der Waals surface area contributed by atoms with Crippen molar-refractivity contribution in [2.45, 2.75) is 45.4 Å². The molecule has 0 spiro atoms. The summed E-state index contributed by atoms with van der Waals surface area (Å²) in [5.74, 6) is 0. The van der Waals surface area contributed by atoms with E-state index in [1.807, 2.05) is 0 Å². The van der Waals surface area contributed by atoms with Crippen LogP contribution < -0.4 is 10.6 Å². The van der Waals surface area contributed by atoms with Crippen LogP contribution >= 0.6 is 0 Å². The number of rotatable bonds is 10. The fourth-order valence-corrected chi connectivity index (χ4v) is 1.41. The SMILES string of the molecule is CCCCCCCCNCCNC(=O)O. The van der Waals surface area contributed by atoms with Gasteiger partial charge in [0.05, 0.1) is 0 Å². The molecule has 0 heterocycles. The predicted molar refractivity (Wildman–Crippen MR) is 62.3 cm³/mol. The van der Waals surface area contributed by atoms with Gasteiger partial charge in [0.2, 0.25) is 0 Å². The second-order valence-electron chi connectivity index (χ2n) is 3.75. The summed E-state index contributed by atoms with van der Waals surface area (Å²) in [6, 6.07) is 0. The van der Waals surface area contributed by atoms with Gasteiger partial charge in [-0.05, 0) is 13.0 Å². The summed E-state index contributed by atoms with van der Waals surface area (Å²) in [6.07, 6.45) is 6.82. The molecule has 0 unspecified atom stereocenters. The zero-order valence-corrected chi connectivity index (χ0v) is 9.72. The topological polar surface area (TPSA) is 61.4 Å². The van der Waals surface area contributed by atoms with Crippen LogP contribution in [0.15, 0.2) is 0 Å². The van der Waals surface area contributed by atoms with Gasteiger partial charge >= 0.3 is 6.09 Å². The maximum absolute atomic E-state index is 10.1. The van der Waals surface area contributed by atoms with Crippen LogP contribution in [0, 0.1) is 0 Å². The molecule has 0 aromatic carbocycles. The maximum atomic E-state index is 10.1. The first kappa shape index (κ1) is 14.2. The molecule has 0 aliphatic heterocycles. The molecule has 0 bridgehead atoms. The molecule has 4 heteroatoms. The first-order valence-electron chi connectivity index (χ1n) is 5.95. The summed E-state index contributed by atoms with van der Waals surface area (Å²) in [5, 5.41) is 13.8. The van der Waals surface area contributed by atoms with Crippen molar-refractivity contribution in [1.82, 2.24) is 10.6 Å². The van der Waals surface area contributed by atoms with Gasteiger partial charge in [0.1, 0.15) is 0 Å². The van der Waals surface area contributed by atoms with Gasteiger partial charge in [0, 0.05) is 13.1 Å². The molecule has 3 N–H and O–H groups in total. The molecule has 0 aliphatic rings. The molecule has 0 atom stereocenters. The van der Waals surface area contributed by atoms with E-state index in [4.69, 9.17) is 5.11 Å². The van der Waals surface area contributed by atoms with Crippen LogP contribution in [0.25, 0.3) is 0 Å². The maximum Gasteiger partial charge on any atom is 0.404 e. The van der Waals surface area contributed by atoms with E-state index < -0.39 is 6.09 Å². The minimum Gasteiger partial charge on any atom is -0.465 e. The third kappa shape index (κ3) is 13.2. The Kier molecular flexibility index (Phi) is 10.7. The zero-order chi connectivity index (χ0) is 11.4. The lowest BCUT2D eigenvalue weighted by molar-refractivity contribution is 0.194. The van der Waals surface area contributed by atoms with Gasteiger partial charge in [-0.1, -0.05) is 39.0 Å². The molecule has 0 radical (unpaired) electrons. The molecule has 4 nitrogen and oxygen atoms in total. The summed E-state index contributed by atoms with van der Waals surface area (Å²) in [6.45, 7) is 4.43. The molecule has 0 aliphatic carbocycles. The quantitative estimate of drug-likeness (QED) is 0.491. The molecule has 90 valence electrons. The largest absolute Gasteiger partial charge is 0.465 e. The fourth-order valence-electron chi connectivity index (χ4n) is 1.41. The molecular formula is C11H24N2O2. The first-order valence-corrected chi connectivity index (χ1v) is 5.95. The zero-order valence-electron chi connectivity index (χ0n) is 9.72. The predicted octanol–water partition coefficient (Wildman–Crippen LogP) is 2.20. The molecule has 0 fully saturated rings. The Morgan fingerprint density at radius 3 is 2.33 bits per heavy atom. The Morgan fingerprint density at radius 2 is 1.67 bits per heavy atom. The smallest absolute Gasteiger partial charge is 0.404 e. The minimum absolute atomic E-state index is 0.491. The van der Waals surface area contributed by atoms with E-state index in [9.17, 15) is 4.79 Å². The first-order chi connectivity index (χ1) is 7.27. The lowest BCUT2D eigenvalue weighted by Gasteiger charge is -2.04. The third-order valence-electron chi connectivity index (χ3n) is 2.29. The van der Waals surface area contributed by atoms with Gasteiger partial charge in [-0.2, -0.15) is 0 Å². The fraction of sp³-hybridized carbons (Fsp3) is 0.909. The number of hydrogen-bond acceptors (Lipinski definition) is 2. The van der Waals surface area contributed by atoms with Crippen molar-refractivity contribution in [3.63, 3.8) is 0 Å². The highest BCUT2D eigenvalue weighted by Crippen LogP contribution is 2.03. The van der Waals surface area contributed by atoms with Crippen LogP contribution in [-0.2, 0) is 0 Å². The van der Waals surface area contributed by atoms with Gasteiger partial charge < -0.3 is 15.7 Å². The van der Waals surface area contributed by atoms with Gasteiger partial charge in [0.25, 0.3) is 0 Å². The van der Waals surface area contributed by atoms with Crippen molar-refractivity contribution in [3.05, 3.63) is 0 Å². The van der Waals surface area contributed by atoms with Crippen LogP contribution in [-0.4, -0.2) is 30.8 Å². The molecule has 0 rings (SSSR count). The van der Waals surface area contributed by atoms with Gasteiger partial charge in [-0.3, -0.25) is 0 Å². The molecule has 0 aromatic heterocycles. The Bertz CT molecular complexity index is 152. The van der Waals surface area contributed by atoms with E-state index in [0.717, 1.165) is 13.1 Å². The third-order valence-corrected chi connectivity index (χ3v) is 2.29. The summed E-state index contributed by atoms with van der Waals surface area (Å²) >= 11 is 0. The monoisotopic (exact) mass is 216 g/mol. The lowest BCUT2D eigenvalue weighted by atomic mass is 10.1. The van der Waals surface area contributed by atoms with Crippen LogP contribution in [0.4, 0.5) is 4.79 Å². The standard InChI is InChI=1S/C11H24N2O2/c1-2-3-4-5-6-7-8-12-9-10-13-11(14)15/h12-13H,2-10H2,1H3,(H,14,15). The number of nitrogens with one attached hydrogen (secondary N) is 2. The van der Waals surface area contributed by atoms with Gasteiger partial charge in [-0.15, -0.1) is 0 Å². The molecule has 0 aromatic rings. The highest BCUT2D eigenvalue weighted by atomic mass is 16.4. The van der Waals surface area contributed by atoms with Crippen molar-refractivity contribution < 1.29 is 9.90 Å². The van der Waals surface area contributed by atoms with Crippen molar-refractivity contribution in [3.8, 4) is 0 Å². The van der Waals surface area contributed by atoms with Crippen LogP contribution in [0.1, 0.15) is 45.4 Å². The van der Waals surface area contributed by atoms with Crippen molar-refractivity contribution in [2.24, 2.45) is 0 Å². The second kappa shape index (κ2) is 11.3. The Balaban J connectivity index is 2.89. The molecule has 0 saturated heterocycles. The van der Waals surface area contributed by atoms with Crippen LogP contribution in [0.3, 0.4) is 0 Å². The van der Waals surface area contributed by atoms with E-state index in [1.54, 1.807) is 0 Å². The average Bonchev–Trinajstić information content (AvgIpc) is 2.20. The van der Waals surface area contributed by atoms with E-state index in [0.29, 0.717) is 6.54 Å². The average molecular weight is 216 g/mol. The number of hydrogen-bond donors (Lipinski definition) is 3. The molecule has 1 amide bonds. The van der Waals surface area contributed by atoms with Crippen molar-refractivity contribution in [1.29, 1.82) is 0 Å². The number of carbonyl (C=O) groups is 1. The van der Waals surface area contributed by atoms with E-state index in [1.165, 1.54) is 38.5 Å². The lowest BCUT2D eigenvalue weighted by Crippen LogP contribution is -2.31. The summed E-state index contributed by atoms with van der Waals surface area (Å²) < 4.78 is 0. The van der Waals surface area contributed by atoms with Crippen LogP contribution in [0.2, 0.25) is 0 Å². The number of unbranched alkanes of at least 4 members (excludes halogenated alkanes) is 5. The van der Waals surface area contributed by atoms with E-state index >= 15 is 0 Å². The Morgan fingerprint density at radius 1 is 1.00 bits per heavy atom.